The lowest BCUT2D eigenvalue weighted by Crippen LogP contribution is -2.37. The summed E-state index contributed by atoms with van der Waals surface area (Å²) in [6, 6.07) is 15.3. The molecule has 1 aliphatic heterocycles. The zero-order valence-electron chi connectivity index (χ0n) is 23.9. The van der Waals surface area contributed by atoms with Gasteiger partial charge < -0.3 is 28.4 Å². The Morgan fingerprint density at radius 3 is 2.13 bits per heavy atom. The Morgan fingerprint density at radius 2 is 1.54 bits per heavy atom. The largest absolute Gasteiger partial charge is 0.493 e. The highest BCUT2D eigenvalue weighted by Crippen LogP contribution is 2.52. The normalized spacial score (nSPS) is 14.5. The minimum atomic E-state index is -0.659. The summed E-state index contributed by atoms with van der Waals surface area (Å²) >= 11 is 0. The number of nitrogens with zero attached hydrogens (tertiary/aromatic N) is 1. The monoisotopic (exact) mass is 535 g/mol. The molecule has 1 unspecified atom stereocenters. The number of methoxy groups -OCH3 is 4. The third-order valence-electron chi connectivity index (χ3n) is 6.64. The summed E-state index contributed by atoms with van der Waals surface area (Å²) in [5.74, 6) is 2.60. The first-order chi connectivity index (χ1) is 18.6. The van der Waals surface area contributed by atoms with Gasteiger partial charge in [0, 0.05) is 5.56 Å². The van der Waals surface area contributed by atoms with E-state index in [9.17, 15) is 4.79 Å². The summed E-state index contributed by atoms with van der Waals surface area (Å²) in [6.07, 6.45) is -0.426. The van der Waals surface area contributed by atoms with E-state index in [-0.39, 0.29) is 12.6 Å². The maximum atomic E-state index is 13.5. The number of hydrogen-bond acceptors (Lipinski definition) is 7. The lowest BCUT2D eigenvalue weighted by Gasteiger charge is -2.31. The molecular formula is C31H37NO7. The first-order valence-corrected chi connectivity index (χ1v) is 12.8. The van der Waals surface area contributed by atoms with Gasteiger partial charge in [-0.2, -0.15) is 0 Å². The molecule has 0 saturated heterocycles. The van der Waals surface area contributed by atoms with Crippen LogP contribution in [0.15, 0.2) is 48.5 Å². The van der Waals surface area contributed by atoms with Crippen LogP contribution in [0.4, 0.5) is 4.79 Å². The molecule has 1 aliphatic rings. The fraction of sp³-hybridized carbons (Fsp3) is 0.387. The Balaban J connectivity index is 1.94. The van der Waals surface area contributed by atoms with Crippen molar-refractivity contribution in [2.45, 2.75) is 52.5 Å². The second-order valence-corrected chi connectivity index (χ2v) is 10.3. The second-order valence-electron chi connectivity index (χ2n) is 10.3. The molecule has 0 fully saturated rings. The summed E-state index contributed by atoms with van der Waals surface area (Å²) < 4.78 is 35.1. The molecule has 39 heavy (non-hydrogen) atoms. The van der Waals surface area contributed by atoms with Crippen molar-refractivity contribution in [1.29, 1.82) is 0 Å². The molecular weight excluding hydrogens is 498 g/mol. The second kappa shape index (κ2) is 11.4. The molecule has 0 spiro atoms. The van der Waals surface area contributed by atoms with Crippen molar-refractivity contribution in [1.82, 2.24) is 4.90 Å². The maximum Gasteiger partial charge on any atom is 0.411 e. The average molecular weight is 536 g/mol. The van der Waals surface area contributed by atoms with E-state index in [0.29, 0.717) is 35.4 Å². The van der Waals surface area contributed by atoms with Crippen molar-refractivity contribution in [3.05, 3.63) is 65.2 Å². The highest BCUT2D eigenvalue weighted by atomic mass is 16.6. The molecule has 8 heteroatoms. The third kappa shape index (κ3) is 5.70. The molecule has 0 aromatic heterocycles. The van der Waals surface area contributed by atoms with Crippen LogP contribution in [0.1, 0.15) is 50.4 Å². The Labute approximate surface area is 230 Å². The molecule has 208 valence electrons. The third-order valence-corrected chi connectivity index (χ3v) is 6.64. The zero-order valence-corrected chi connectivity index (χ0v) is 23.9. The average Bonchev–Trinajstić information content (AvgIpc) is 3.03. The molecule has 4 rings (SSSR count). The number of hydrogen-bond donors (Lipinski definition) is 0. The van der Waals surface area contributed by atoms with Gasteiger partial charge in [0.2, 0.25) is 5.75 Å². The summed E-state index contributed by atoms with van der Waals surface area (Å²) in [6.45, 7) is 8.17. The smallest absolute Gasteiger partial charge is 0.411 e. The molecule has 3 aromatic carbocycles. The van der Waals surface area contributed by atoms with Gasteiger partial charge in [-0.05, 0) is 68.1 Å². The van der Waals surface area contributed by atoms with E-state index < -0.39 is 11.7 Å². The predicted octanol–water partition coefficient (Wildman–Crippen LogP) is 6.78. The van der Waals surface area contributed by atoms with Gasteiger partial charge in [-0.15, -0.1) is 0 Å². The first-order valence-electron chi connectivity index (χ1n) is 12.8. The Hall–Kier alpha value is -4.07. The van der Waals surface area contributed by atoms with Crippen LogP contribution in [-0.2, 0) is 17.9 Å². The van der Waals surface area contributed by atoms with Crippen LogP contribution in [0.2, 0.25) is 0 Å². The van der Waals surface area contributed by atoms with E-state index in [1.54, 1.807) is 33.3 Å². The van der Waals surface area contributed by atoms with Gasteiger partial charge >= 0.3 is 6.09 Å². The van der Waals surface area contributed by atoms with Gasteiger partial charge in [-0.1, -0.05) is 30.3 Å². The van der Waals surface area contributed by atoms with E-state index in [1.165, 1.54) is 0 Å². The molecule has 0 bridgehead atoms. The summed E-state index contributed by atoms with van der Waals surface area (Å²) in [5.41, 5.74) is 3.67. The molecule has 3 aromatic rings. The quantitative estimate of drug-likeness (QED) is 0.330. The van der Waals surface area contributed by atoms with Crippen molar-refractivity contribution in [2.75, 3.05) is 28.4 Å². The van der Waals surface area contributed by atoms with Crippen LogP contribution in [0.5, 0.6) is 28.7 Å². The van der Waals surface area contributed by atoms with Crippen LogP contribution in [0.3, 0.4) is 0 Å². The number of amides is 1. The van der Waals surface area contributed by atoms with Crippen molar-refractivity contribution in [3.8, 4) is 39.9 Å². The van der Waals surface area contributed by atoms with E-state index in [4.69, 9.17) is 28.4 Å². The van der Waals surface area contributed by atoms with E-state index in [1.807, 2.05) is 76.2 Å². The minimum Gasteiger partial charge on any atom is -0.493 e. The number of carbonyl (C=O) groups is 1. The molecule has 1 amide bonds. The molecule has 0 aliphatic carbocycles. The Kier molecular flexibility index (Phi) is 8.14. The van der Waals surface area contributed by atoms with Gasteiger partial charge in [-0.25, -0.2) is 4.79 Å². The first kappa shape index (κ1) is 28.0. The van der Waals surface area contributed by atoms with Crippen molar-refractivity contribution < 1.29 is 33.2 Å². The molecule has 0 saturated carbocycles. The number of carbonyl (C=O) groups excluding carboxylic acids is 1. The van der Waals surface area contributed by atoms with Gasteiger partial charge in [0.1, 0.15) is 12.2 Å². The Bertz CT molecular complexity index is 1330. The molecule has 0 radical (unpaired) electrons. The van der Waals surface area contributed by atoms with Gasteiger partial charge in [0.15, 0.2) is 23.0 Å². The van der Waals surface area contributed by atoms with Crippen LogP contribution in [0, 0.1) is 0 Å². The van der Waals surface area contributed by atoms with Crippen molar-refractivity contribution >= 4 is 6.09 Å². The van der Waals surface area contributed by atoms with Crippen LogP contribution >= 0.6 is 0 Å². The lowest BCUT2D eigenvalue weighted by atomic mass is 9.92. The lowest BCUT2D eigenvalue weighted by molar-refractivity contribution is 0.0156. The minimum absolute atomic E-state index is 0.263. The van der Waals surface area contributed by atoms with Crippen molar-refractivity contribution in [2.24, 2.45) is 0 Å². The SMILES string of the molecule is COc1cc2c(cc1OCc1ccccc1)C(C)N(C(=O)OC(C)(C)C)Cc1cc(OC)c(OC)c(OC)c1-2. The highest BCUT2D eigenvalue weighted by Gasteiger charge is 2.36. The number of rotatable bonds is 7. The van der Waals surface area contributed by atoms with Gasteiger partial charge in [0.05, 0.1) is 41.0 Å². The molecule has 1 atom stereocenters. The summed E-state index contributed by atoms with van der Waals surface area (Å²) in [4.78, 5) is 15.2. The van der Waals surface area contributed by atoms with E-state index >= 15 is 0 Å². The van der Waals surface area contributed by atoms with Crippen LogP contribution in [-0.4, -0.2) is 45.0 Å². The maximum absolute atomic E-state index is 13.5. The van der Waals surface area contributed by atoms with E-state index in [2.05, 4.69) is 0 Å². The topological polar surface area (TPSA) is 75.7 Å². The molecule has 0 N–H and O–H groups in total. The standard InChI is InChI=1S/C31H37NO7/c1-19-22-15-25(38-18-20-12-10-9-11-13-20)24(34-5)16-23(22)27-21(17-32(19)30(33)39-31(2,3)4)14-26(35-6)28(36-7)29(27)37-8/h9-16,19H,17-18H2,1-8H3. The fourth-order valence-corrected chi connectivity index (χ4v) is 4.80. The Morgan fingerprint density at radius 1 is 0.872 bits per heavy atom. The predicted molar refractivity (Wildman–Crippen MR) is 149 cm³/mol. The summed E-state index contributed by atoms with van der Waals surface area (Å²) in [7, 11) is 6.34. The highest BCUT2D eigenvalue weighted by molar-refractivity contribution is 5.85. The van der Waals surface area contributed by atoms with Crippen LogP contribution in [0.25, 0.3) is 11.1 Å². The number of benzene rings is 3. The van der Waals surface area contributed by atoms with E-state index in [0.717, 1.165) is 27.8 Å². The van der Waals surface area contributed by atoms with Gasteiger partial charge in [0.25, 0.3) is 0 Å². The zero-order chi connectivity index (χ0) is 28.3. The molecule has 1 heterocycles. The molecule has 8 nitrogen and oxygen atoms in total. The van der Waals surface area contributed by atoms with Gasteiger partial charge in [-0.3, -0.25) is 4.90 Å². The number of fused-ring (bicyclic) bond motifs is 3. The van der Waals surface area contributed by atoms with Crippen molar-refractivity contribution in [3.63, 3.8) is 0 Å². The van der Waals surface area contributed by atoms with Crippen LogP contribution < -0.4 is 23.7 Å². The number of ether oxygens (including phenoxy) is 6. The summed E-state index contributed by atoms with van der Waals surface area (Å²) in [5, 5.41) is 0. The fourth-order valence-electron chi connectivity index (χ4n) is 4.80.